The minimum Gasteiger partial charge on any atom is -0.349 e. The van der Waals surface area contributed by atoms with Gasteiger partial charge in [0.2, 0.25) is 0 Å². The molecule has 104 valence electrons. The molecule has 0 atom stereocenters. The van der Waals surface area contributed by atoms with Gasteiger partial charge >= 0.3 is 0 Å². The zero-order valence-corrected chi connectivity index (χ0v) is 13.1. The molecule has 2 heterocycles. The summed E-state index contributed by atoms with van der Waals surface area (Å²) in [5.74, 6) is 0. The molecule has 0 aliphatic heterocycles. The van der Waals surface area contributed by atoms with E-state index in [-0.39, 0.29) is 0 Å². The van der Waals surface area contributed by atoms with Crippen LogP contribution in [0, 0.1) is 0 Å². The largest absolute Gasteiger partial charge is 0.349 e. The maximum atomic E-state index is 4.48. The molecule has 0 spiro atoms. The third kappa shape index (κ3) is 4.26. The second-order valence-electron chi connectivity index (χ2n) is 4.19. The van der Waals surface area contributed by atoms with Crippen LogP contribution < -0.4 is 10.2 Å². The van der Waals surface area contributed by atoms with Crippen molar-refractivity contribution in [3.8, 4) is 0 Å². The van der Waals surface area contributed by atoms with Crippen molar-refractivity contribution in [1.29, 1.82) is 0 Å². The van der Waals surface area contributed by atoms with E-state index in [4.69, 9.17) is 0 Å². The van der Waals surface area contributed by atoms with E-state index >= 15 is 0 Å². The highest BCUT2D eigenvalue weighted by molar-refractivity contribution is 7.15. The molecule has 4 nitrogen and oxygen atoms in total. The van der Waals surface area contributed by atoms with Gasteiger partial charge in [0.1, 0.15) is 0 Å². The fourth-order valence-electron chi connectivity index (χ4n) is 1.81. The normalized spacial score (nSPS) is 10.8. The highest BCUT2D eigenvalue weighted by Crippen LogP contribution is 2.21. The van der Waals surface area contributed by atoms with Crippen LogP contribution in [0.25, 0.3) is 0 Å². The number of hydrogen-bond donors (Lipinski definition) is 1. The number of nitrogens with zero attached hydrogens (tertiary/aromatic N) is 3. The van der Waals surface area contributed by atoms with E-state index in [0.29, 0.717) is 0 Å². The van der Waals surface area contributed by atoms with Crippen LogP contribution in [0.15, 0.2) is 17.1 Å². The Morgan fingerprint density at radius 1 is 1.26 bits per heavy atom. The van der Waals surface area contributed by atoms with Gasteiger partial charge in [-0.3, -0.25) is 0 Å². The molecule has 19 heavy (non-hydrogen) atoms. The summed E-state index contributed by atoms with van der Waals surface area (Å²) in [6.45, 7) is 8.21. The van der Waals surface area contributed by atoms with Crippen LogP contribution in [-0.4, -0.2) is 29.6 Å². The van der Waals surface area contributed by atoms with Crippen molar-refractivity contribution in [2.45, 2.75) is 26.8 Å². The van der Waals surface area contributed by atoms with Gasteiger partial charge in [-0.25, -0.2) is 9.97 Å². The number of nitrogens with one attached hydrogen (secondary N) is 1. The Morgan fingerprint density at radius 2 is 2.11 bits per heavy atom. The first kappa shape index (κ1) is 14.4. The third-order valence-electron chi connectivity index (χ3n) is 2.92. The predicted octanol–water partition coefficient (Wildman–Crippen LogP) is 2.78. The minimum atomic E-state index is 0.892. The lowest BCUT2D eigenvalue weighted by molar-refractivity contribution is 0.687. The molecule has 0 aliphatic carbocycles. The number of hydrogen-bond acceptors (Lipinski definition) is 6. The molecule has 0 saturated heterocycles. The van der Waals surface area contributed by atoms with Crippen LogP contribution in [0.4, 0.5) is 5.13 Å². The lowest BCUT2D eigenvalue weighted by atomic mass is 10.3. The predicted molar refractivity (Wildman–Crippen MR) is 83.2 cm³/mol. The first-order valence-corrected chi connectivity index (χ1v) is 8.36. The molecule has 6 heteroatoms. The van der Waals surface area contributed by atoms with E-state index in [1.165, 1.54) is 10.6 Å². The Kier molecular flexibility index (Phi) is 5.75. The van der Waals surface area contributed by atoms with Crippen LogP contribution in [0.3, 0.4) is 0 Å². The van der Waals surface area contributed by atoms with E-state index in [9.17, 15) is 0 Å². The molecule has 0 unspecified atom stereocenters. The molecular formula is C13H20N4S2. The maximum absolute atomic E-state index is 4.48. The summed E-state index contributed by atoms with van der Waals surface area (Å²) >= 11 is 3.43. The fourth-order valence-corrected chi connectivity index (χ4v) is 3.41. The zero-order valence-electron chi connectivity index (χ0n) is 11.4. The summed E-state index contributed by atoms with van der Waals surface area (Å²) in [7, 11) is 0. The van der Waals surface area contributed by atoms with Crippen molar-refractivity contribution >= 4 is 27.8 Å². The molecule has 0 aromatic carbocycles. The SMILES string of the molecule is CCN(CC)c1ncc(CNCCc2cscn2)s1. The summed E-state index contributed by atoms with van der Waals surface area (Å²) < 4.78 is 0. The van der Waals surface area contributed by atoms with Crippen molar-refractivity contribution in [1.82, 2.24) is 15.3 Å². The Hall–Kier alpha value is -0.980. The first-order valence-electron chi connectivity index (χ1n) is 6.61. The number of anilines is 1. The van der Waals surface area contributed by atoms with Crippen molar-refractivity contribution < 1.29 is 0 Å². The average molecular weight is 296 g/mol. The van der Waals surface area contributed by atoms with Crippen LogP contribution in [-0.2, 0) is 13.0 Å². The Balaban J connectivity index is 1.74. The highest BCUT2D eigenvalue weighted by Gasteiger charge is 2.07. The van der Waals surface area contributed by atoms with E-state index in [0.717, 1.165) is 37.7 Å². The van der Waals surface area contributed by atoms with Crippen LogP contribution in [0.1, 0.15) is 24.4 Å². The summed E-state index contributed by atoms with van der Waals surface area (Å²) in [6, 6.07) is 0. The third-order valence-corrected chi connectivity index (χ3v) is 4.61. The fraction of sp³-hybridized carbons (Fsp3) is 0.538. The van der Waals surface area contributed by atoms with Crippen molar-refractivity contribution in [3.63, 3.8) is 0 Å². The van der Waals surface area contributed by atoms with Crippen molar-refractivity contribution in [3.05, 3.63) is 27.7 Å². The Bertz CT molecular complexity index is 463. The highest BCUT2D eigenvalue weighted by atomic mass is 32.1. The Morgan fingerprint density at radius 3 is 2.79 bits per heavy atom. The van der Waals surface area contributed by atoms with Gasteiger partial charge in [-0.05, 0) is 13.8 Å². The first-order chi connectivity index (χ1) is 9.33. The van der Waals surface area contributed by atoms with E-state index in [1.807, 2.05) is 11.7 Å². The van der Waals surface area contributed by atoms with Crippen molar-refractivity contribution in [2.24, 2.45) is 0 Å². The van der Waals surface area contributed by atoms with Gasteiger partial charge < -0.3 is 10.2 Å². The zero-order chi connectivity index (χ0) is 13.5. The second kappa shape index (κ2) is 7.57. The van der Waals surface area contributed by atoms with E-state index < -0.39 is 0 Å². The molecule has 0 bridgehead atoms. The van der Waals surface area contributed by atoms with Gasteiger partial charge in [-0.15, -0.1) is 22.7 Å². The molecule has 0 fully saturated rings. The Labute approximate surface area is 122 Å². The molecule has 2 aromatic rings. The molecular weight excluding hydrogens is 276 g/mol. The molecule has 0 amide bonds. The monoisotopic (exact) mass is 296 g/mol. The van der Waals surface area contributed by atoms with Crippen molar-refractivity contribution in [2.75, 3.05) is 24.5 Å². The lowest BCUT2D eigenvalue weighted by Crippen LogP contribution is -2.21. The molecule has 2 rings (SSSR count). The summed E-state index contributed by atoms with van der Waals surface area (Å²) in [5, 5.41) is 6.68. The van der Waals surface area contributed by atoms with Crippen LogP contribution >= 0.6 is 22.7 Å². The topological polar surface area (TPSA) is 41.1 Å². The van der Waals surface area contributed by atoms with Gasteiger partial charge in [-0.1, -0.05) is 0 Å². The number of thiazole rings is 2. The number of rotatable bonds is 8. The summed E-state index contributed by atoms with van der Waals surface area (Å²) in [6.07, 6.45) is 2.97. The summed E-state index contributed by atoms with van der Waals surface area (Å²) in [4.78, 5) is 12.3. The number of aromatic nitrogens is 2. The smallest absolute Gasteiger partial charge is 0.185 e. The van der Waals surface area contributed by atoms with Gasteiger partial charge in [0.25, 0.3) is 0 Å². The van der Waals surface area contributed by atoms with Gasteiger partial charge in [-0.2, -0.15) is 0 Å². The molecule has 1 N–H and O–H groups in total. The molecule has 0 aliphatic rings. The lowest BCUT2D eigenvalue weighted by Gasteiger charge is -2.16. The van der Waals surface area contributed by atoms with E-state index in [1.54, 1.807) is 22.7 Å². The van der Waals surface area contributed by atoms with Gasteiger partial charge in [0.15, 0.2) is 5.13 Å². The van der Waals surface area contributed by atoms with Gasteiger partial charge in [0, 0.05) is 49.1 Å². The minimum absolute atomic E-state index is 0.892. The molecule has 0 saturated carbocycles. The van der Waals surface area contributed by atoms with Crippen LogP contribution in [0.2, 0.25) is 0 Å². The molecule has 0 radical (unpaired) electrons. The standard InChI is InChI=1S/C13H20N4S2/c1-3-17(4-2)13-15-8-12(19-13)7-14-6-5-11-9-18-10-16-11/h8-10,14H,3-7H2,1-2H3. The maximum Gasteiger partial charge on any atom is 0.185 e. The quantitative estimate of drug-likeness (QED) is 0.761. The van der Waals surface area contributed by atoms with Gasteiger partial charge in [0.05, 0.1) is 11.2 Å². The van der Waals surface area contributed by atoms with Crippen LogP contribution in [0.5, 0.6) is 0 Å². The molecule has 2 aromatic heterocycles. The average Bonchev–Trinajstić information content (AvgIpc) is 3.08. The second-order valence-corrected chi connectivity index (χ2v) is 6.00. The summed E-state index contributed by atoms with van der Waals surface area (Å²) in [5.41, 5.74) is 3.06. The van der Waals surface area contributed by atoms with E-state index in [2.05, 4.69) is 39.4 Å².